The van der Waals surface area contributed by atoms with Gasteiger partial charge in [-0.25, -0.2) is 0 Å². The van der Waals surface area contributed by atoms with Crippen molar-refractivity contribution >= 4 is 11.8 Å². The van der Waals surface area contributed by atoms with Gasteiger partial charge in [-0.2, -0.15) is 0 Å². The fourth-order valence-electron chi connectivity index (χ4n) is 2.47. The van der Waals surface area contributed by atoms with Gasteiger partial charge >= 0.3 is 0 Å². The summed E-state index contributed by atoms with van der Waals surface area (Å²) in [6.45, 7) is 0.480. The zero-order valence-electron chi connectivity index (χ0n) is 11.5. The number of hydrogen-bond acceptors (Lipinski definition) is 3. The molecule has 108 valence electrons. The second-order valence-electron chi connectivity index (χ2n) is 5.18. The third-order valence-electron chi connectivity index (χ3n) is 3.66. The molecule has 4 N–H and O–H groups in total. The first-order valence-electron chi connectivity index (χ1n) is 7.00. The second kappa shape index (κ2) is 7.05. The lowest BCUT2D eigenvalue weighted by Gasteiger charge is -2.15. The predicted molar refractivity (Wildman–Crippen MR) is 76.6 cm³/mol. The zero-order chi connectivity index (χ0) is 14.4. The molecule has 1 aliphatic rings. The Morgan fingerprint density at radius 3 is 2.55 bits per heavy atom. The first kappa shape index (κ1) is 14.5. The summed E-state index contributed by atoms with van der Waals surface area (Å²) in [5.41, 5.74) is 6.89. The Hall–Kier alpha value is -1.88. The van der Waals surface area contributed by atoms with Crippen LogP contribution in [0.25, 0.3) is 0 Å². The summed E-state index contributed by atoms with van der Waals surface area (Å²) in [7, 11) is 0. The van der Waals surface area contributed by atoms with Crippen molar-refractivity contribution in [2.75, 3.05) is 6.54 Å². The molecule has 2 amide bonds. The number of nitrogens with one attached hydrogen (secondary N) is 2. The highest BCUT2D eigenvalue weighted by molar-refractivity contribution is 5.86. The number of amides is 2. The molecule has 20 heavy (non-hydrogen) atoms. The zero-order valence-corrected chi connectivity index (χ0v) is 11.5. The van der Waals surface area contributed by atoms with Crippen molar-refractivity contribution in [1.82, 2.24) is 10.6 Å². The Bertz CT molecular complexity index is 461. The lowest BCUT2D eigenvalue weighted by atomic mass is 10.0. The van der Waals surface area contributed by atoms with Crippen LogP contribution in [0.1, 0.15) is 24.8 Å². The first-order valence-corrected chi connectivity index (χ1v) is 7.00. The molecule has 2 rings (SSSR count). The van der Waals surface area contributed by atoms with Crippen molar-refractivity contribution in [3.63, 3.8) is 0 Å². The molecule has 0 radical (unpaired) electrons. The van der Waals surface area contributed by atoms with Gasteiger partial charge in [0.25, 0.3) is 0 Å². The number of nitrogens with two attached hydrogens (primary N) is 1. The van der Waals surface area contributed by atoms with Gasteiger partial charge in [0.15, 0.2) is 0 Å². The number of benzene rings is 1. The smallest absolute Gasteiger partial charge is 0.239 e. The van der Waals surface area contributed by atoms with Crippen LogP contribution in [0.15, 0.2) is 30.3 Å². The highest BCUT2D eigenvalue weighted by atomic mass is 16.2. The average molecular weight is 275 g/mol. The lowest BCUT2D eigenvalue weighted by Crippen LogP contribution is -2.43. The van der Waals surface area contributed by atoms with Crippen molar-refractivity contribution in [3.05, 3.63) is 35.9 Å². The van der Waals surface area contributed by atoms with E-state index in [0.717, 1.165) is 24.8 Å². The topological polar surface area (TPSA) is 84.2 Å². The predicted octanol–water partition coefficient (Wildman–Crippen LogP) is 0.546. The van der Waals surface area contributed by atoms with E-state index in [-0.39, 0.29) is 30.3 Å². The number of rotatable bonds is 5. The minimum atomic E-state index is -0.186. The molecule has 2 atom stereocenters. The minimum absolute atomic E-state index is 0.00882. The monoisotopic (exact) mass is 275 g/mol. The van der Waals surface area contributed by atoms with Crippen molar-refractivity contribution in [2.45, 2.75) is 31.8 Å². The highest BCUT2D eigenvalue weighted by Gasteiger charge is 2.30. The highest BCUT2D eigenvalue weighted by Crippen LogP contribution is 2.23. The van der Waals surface area contributed by atoms with Crippen molar-refractivity contribution in [3.8, 4) is 0 Å². The van der Waals surface area contributed by atoms with Gasteiger partial charge in [0.1, 0.15) is 0 Å². The van der Waals surface area contributed by atoms with Gasteiger partial charge in [0, 0.05) is 12.6 Å². The molecule has 1 aliphatic carbocycles. The molecule has 0 aliphatic heterocycles. The van der Waals surface area contributed by atoms with E-state index in [2.05, 4.69) is 10.6 Å². The maximum absolute atomic E-state index is 11.9. The summed E-state index contributed by atoms with van der Waals surface area (Å²) in [5, 5.41) is 5.43. The van der Waals surface area contributed by atoms with Gasteiger partial charge in [-0.3, -0.25) is 9.59 Å². The third-order valence-corrected chi connectivity index (χ3v) is 3.66. The number of carbonyl (C=O) groups excluding carboxylic acids is 2. The molecular formula is C15H21N3O2. The summed E-state index contributed by atoms with van der Waals surface area (Å²) >= 11 is 0. The summed E-state index contributed by atoms with van der Waals surface area (Å²) in [6, 6.07) is 9.58. The molecule has 5 heteroatoms. The Kier molecular flexibility index (Phi) is 5.12. The van der Waals surface area contributed by atoms with E-state index in [9.17, 15) is 9.59 Å². The van der Waals surface area contributed by atoms with Crippen LogP contribution < -0.4 is 16.4 Å². The summed E-state index contributed by atoms with van der Waals surface area (Å²) in [4.78, 5) is 23.5. The Morgan fingerprint density at radius 2 is 1.90 bits per heavy atom. The van der Waals surface area contributed by atoms with Gasteiger partial charge in [-0.05, 0) is 18.4 Å². The summed E-state index contributed by atoms with van der Waals surface area (Å²) in [5.74, 6) is -0.435. The van der Waals surface area contributed by atoms with E-state index in [4.69, 9.17) is 5.73 Å². The SMILES string of the molecule is NC1CCCC1C(=O)NCC(=O)NCc1ccccc1. The third kappa shape index (κ3) is 4.06. The molecule has 0 saturated heterocycles. The Labute approximate surface area is 118 Å². The van der Waals surface area contributed by atoms with Crippen LogP contribution in [-0.4, -0.2) is 24.4 Å². The van der Waals surface area contributed by atoms with Crippen LogP contribution in [0, 0.1) is 5.92 Å². The van der Waals surface area contributed by atoms with Gasteiger partial charge < -0.3 is 16.4 Å². The van der Waals surface area contributed by atoms with E-state index in [0.29, 0.717) is 6.54 Å². The first-order chi connectivity index (χ1) is 9.66. The standard InChI is InChI=1S/C15H21N3O2/c16-13-8-4-7-12(13)15(20)18-10-14(19)17-9-11-5-2-1-3-6-11/h1-3,5-6,12-13H,4,7-10,16H2,(H,17,19)(H,18,20). The van der Waals surface area contributed by atoms with Crippen LogP contribution >= 0.6 is 0 Å². The molecular weight excluding hydrogens is 254 g/mol. The lowest BCUT2D eigenvalue weighted by molar-refractivity contribution is -0.128. The van der Waals surface area contributed by atoms with E-state index in [1.54, 1.807) is 0 Å². The molecule has 2 unspecified atom stereocenters. The maximum Gasteiger partial charge on any atom is 0.239 e. The number of carbonyl (C=O) groups is 2. The van der Waals surface area contributed by atoms with Crippen molar-refractivity contribution < 1.29 is 9.59 Å². The fourth-order valence-corrected chi connectivity index (χ4v) is 2.47. The number of hydrogen-bond donors (Lipinski definition) is 3. The molecule has 0 bridgehead atoms. The van der Waals surface area contributed by atoms with Crippen molar-refractivity contribution in [2.24, 2.45) is 11.7 Å². The fraction of sp³-hybridized carbons (Fsp3) is 0.467. The van der Waals surface area contributed by atoms with E-state index in [1.807, 2.05) is 30.3 Å². The van der Waals surface area contributed by atoms with Crippen LogP contribution in [0.3, 0.4) is 0 Å². The maximum atomic E-state index is 11.9. The Balaban J connectivity index is 1.68. The van der Waals surface area contributed by atoms with Gasteiger partial charge in [0.05, 0.1) is 12.5 Å². The minimum Gasteiger partial charge on any atom is -0.350 e. The second-order valence-corrected chi connectivity index (χ2v) is 5.18. The molecule has 0 aromatic heterocycles. The molecule has 1 fully saturated rings. The van der Waals surface area contributed by atoms with Crippen LogP contribution in [0.2, 0.25) is 0 Å². The molecule has 0 heterocycles. The largest absolute Gasteiger partial charge is 0.350 e. The normalized spacial score (nSPS) is 21.4. The van der Waals surface area contributed by atoms with E-state index >= 15 is 0 Å². The van der Waals surface area contributed by atoms with E-state index in [1.165, 1.54) is 0 Å². The Morgan fingerprint density at radius 1 is 1.15 bits per heavy atom. The van der Waals surface area contributed by atoms with Gasteiger partial charge in [-0.15, -0.1) is 0 Å². The molecule has 1 saturated carbocycles. The van der Waals surface area contributed by atoms with E-state index < -0.39 is 0 Å². The van der Waals surface area contributed by atoms with Crippen molar-refractivity contribution in [1.29, 1.82) is 0 Å². The van der Waals surface area contributed by atoms with Gasteiger partial charge in [-0.1, -0.05) is 36.8 Å². The molecule has 0 spiro atoms. The van der Waals surface area contributed by atoms with Gasteiger partial charge in [0.2, 0.25) is 11.8 Å². The quantitative estimate of drug-likeness (QED) is 0.733. The summed E-state index contributed by atoms with van der Waals surface area (Å²) < 4.78 is 0. The molecule has 1 aromatic carbocycles. The van der Waals surface area contributed by atoms with Crippen LogP contribution in [0.4, 0.5) is 0 Å². The van der Waals surface area contributed by atoms with Crippen LogP contribution in [0.5, 0.6) is 0 Å². The molecule has 1 aromatic rings. The summed E-state index contributed by atoms with van der Waals surface area (Å²) in [6.07, 6.45) is 2.69. The molecule has 5 nitrogen and oxygen atoms in total. The average Bonchev–Trinajstić information content (AvgIpc) is 2.90. The van der Waals surface area contributed by atoms with Crippen LogP contribution in [-0.2, 0) is 16.1 Å².